The maximum absolute atomic E-state index is 13.2. The highest BCUT2D eigenvalue weighted by atomic mass is 19.4. The van der Waals surface area contributed by atoms with E-state index in [0.717, 1.165) is 6.07 Å². The SMILES string of the molecule is COc1ccc(NC(=O)/C(C#N)=C/c2ccc(-c3ccccc3C(F)(F)F)o2)cc1. The van der Waals surface area contributed by atoms with Crippen molar-refractivity contribution in [3.05, 3.63) is 77.6 Å². The van der Waals surface area contributed by atoms with E-state index in [9.17, 15) is 23.2 Å². The van der Waals surface area contributed by atoms with E-state index in [1.807, 2.05) is 0 Å². The number of carbonyl (C=O) groups excluding carboxylic acids is 1. The number of carbonyl (C=O) groups is 1. The van der Waals surface area contributed by atoms with Gasteiger partial charge in [-0.15, -0.1) is 0 Å². The molecule has 0 saturated heterocycles. The van der Waals surface area contributed by atoms with Gasteiger partial charge in [0.25, 0.3) is 5.91 Å². The van der Waals surface area contributed by atoms with E-state index in [1.54, 1.807) is 30.3 Å². The van der Waals surface area contributed by atoms with Gasteiger partial charge in [0, 0.05) is 17.3 Å². The van der Waals surface area contributed by atoms with Crippen molar-refractivity contribution in [2.75, 3.05) is 12.4 Å². The summed E-state index contributed by atoms with van der Waals surface area (Å²) in [7, 11) is 1.51. The van der Waals surface area contributed by atoms with Crippen LogP contribution in [0.15, 0.2) is 70.7 Å². The van der Waals surface area contributed by atoms with E-state index in [-0.39, 0.29) is 22.7 Å². The number of benzene rings is 2. The van der Waals surface area contributed by atoms with Gasteiger partial charge < -0.3 is 14.5 Å². The van der Waals surface area contributed by atoms with Gasteiger partial charge in [-0.3, -0.25) is 4.79 Å². The van der Waals surface area contributed by atoms with Crippen molar-refractivity contribution in [2.45, 2.75) is 6.18 Å². The first-order valence-corrected chi connectivity index (χ1v) is 8.65. The fourth-order valence-corrected chi connectivity index (χ4v) is 2.68. The van der Waals surface area contributed by atoms with Crippen molar-refractivity contribution in [2.24, 2.45) is 0 Å². The van der Waals surface area contributed by atoms with E-state index in [1.165, 1.54) is 43.5 Å². The summed E-state index contributed by atoms with van der Waals surface area (Å²) in [5.41, 5.74) is -0.796. The zero-order chi connectivity index (χ0) is 21.7. The predicted molar refractivity (Wildman–Crippen MR) is 104 cm³/mol. The van der Waals surface area contributed by atoms with Crippen LogP contribution >= 0.6 is 0 Å². The first kappa shape index (κ1) is 20.7. The maximum atomic E-state index is 13.2. The number of alkyl halides is 3. The van der Waals surface area contributed by atoms with E-state index < -0.39 is 17.6 Å². The largest absolute Gasteiger partial charge is 0.497 e. The molecule has 0 unspecified atom stereocenters. The molecule has 1 aromatic heterocycles. The molecular weight excluding hydrogens is 397 g/mol. The van der Waals surface area contributed by atoms with Crippen LogP contribution in [-0.4, -0.2) is 13.0 Å². The average Bonchev–Trinajstić information content (AvgIpc) is 3.20. The monoisotopic (exact) mass is 412 g/mol. The molecule has 5 nitrogen and oxygen atoms in total. The number of rotatable bonds is 5. The molecule has 30 heavy (non-hydrogen) atoms. The molecule has 0 saturated carbocycles. The maximum Gasteiger partial charge on any atom is 0.417 e. The molecule has 0 spiro atoms. The first-order valence-electron chi connectivity index (χ1n) is 8.65. The van der Waals surface area contributed by atoms with Crippen LogP contribution in [-0.2, 0) is 11.0 Å². The van der Waals surface area contributed by atoms with E-state index >= 15 is 0 Å². The molecular formula is C22H15F3N2O3. The fourth-order valence-electron chi connectivity index (χ4n) is 2.68. The van der Waals surface area contributed by atoms with Gasteiger partial charge >= 0.3 is 6.18 Å². The van der Waals surface area contributed by atoms with Gasteiger partial charge in [0.1, 0.15) is 28.9 Å². The molecule has 8 heteroatoms. The molecule has 0 aliphatic heterocycles. The number of hydrogen-bond donors (Lipinski definition) is 1. The number of furan rings is 1. The van der Waals surface area contributed by atoms with Crippen molar-refractivity contribution in [1.82, 2.24) is 0 Å². The average molecular weight is 412 g/mol. The topological polar surface area (TPSA) is 75.3 Å². The Kier molecular flexibility index (Phi) is 5.93. The van der Waals surface area contributed by atoms with Gasteiger partial charge in [0.2, 0.25) is 0 Å². The molecule has 0 atom stereocenters. The van der Waals surface area contributed by atoms with Crippen LogP contribution in [0.1, 0.15) is 11.3 Å². The number of nitrogens with one attached hydrogen (secondary N) is 1. The Morgan fingerprint density at radius 2 is 1.80 bits per heavy atom. The zero-order valence-corrected chi connectivity index (χ0v) is 15.7. The van der Waals surface area contributed by atoms with Crippen LogP contribution in [0.4, 0.5) is 18.9 Å². The highest BCUT2D eigenvalue weighted by molar-refractivity contribution is 6.09. The molecule has 152 valence electrons. The summed E-state index contributed by atoms with van der Waals surface area (Å²) < 4.78 is 50.1. The van der Waals surface area contributed by atoms with Crippen LogP contribution in [0, 0.1) is 11.3 Å². The third kappa shape index (κ3) is 4.70. The van der Waals surface area contributed by atoms with Gasteiger partial charge in [0.15, 0.2) is 0 Å². The lowest BCUT2D eigenvalue weighted by Crippen LogP contribution is -2.13. The smallest absolute Gasteiger partial charge is 0.417 e. The van der Waals surface area contributed by atoms with Crippen LogP contribution in [0.3, 0.4) is 0 Å². The Labute approximate surface area is 170 Å². The van der Waals surface area contributed by atoms with Crippen LogP contribution < -0.4 is 10.1 Å². The van der Waals surface area contributed by atoms with Gasteiger partial charge in [0.05, 0.1) is 12.7 Å². The summed E-state index contributed by atoms with van der Waals surface area (Å²) in [6.45, 7) is 0. The third-order valence-electron chi connectivity index (χ3n) is 4.12. The fraction of sp³-hybridized carbons (Fsp3) is 0.0909. The Morgan fingerprint density at radius 1 is 1.10 bits per heavy atom. The van der Waals surface area contributed by atoms with Crippen molar-refractivity contribution in [3.8, 4) is 23.1 Å². The van der Waals surface area contributed by atoms with Crippen molar-refractivity contribution >= 4 is 17.7 Å². The third-order valence-corrected chi connectivity index (χ3v) is 4.12. The molecule has 1 heterocycles. The van der Waals surface area contributed by atoms with Gasteiger partial charge in [-0.25, -0.2) is 0 Å². The van der Waals surface area contributed by atoms with E-state index in [4.69, 9.17) is 9.15 Å². The molecule has 0 bridgehead atoms. The number of nitriles is 1. The van der Waals surface area contributed by atoms with Crippen molar-refractivity contribution < 1.29 is 27.1 Å². The van der Waals surface area contributed by atoms with Crippen molar-refractivity contribution in [3.63, 3.8) is 0 Å². The molecule has 0 radical (unpaired) electrons. The Hall–Kier alpha value is -3.99. The second-order valence-corrected chi connectivity index (χ2v) is 6.10. The number of halogens is 3. The molecule has 3 aromatic rings. The Balaban J connectivity index is 1.84. The summed E-state index contributed by atoms with van der Waals surface area (Å²) in [4.78, 5) is 12.3. The van der Waals surface area contributed by atoms with Crippen LogP contribution in [0.2, 0.25) is 0 Å². The van der Waals surface area contributed by atoms with Crippen LogP contribution in [0.25, 0.3) is 17.4 Å². The number of amides is 1. The standard InChI is InChI=1S/C22H15F3N2O3/c1-29-16-8-6-15(7-9-16)27-21(28)14(13-26)12-17-10-11-20(30-17)18-4-2-3-5-19(18)22(23,24)25/h2-12H,1H3,(H,27,28)/b14-12+. The summed E-state index contributed by atoms with van der Waals surface area (Å²) in [6.07, 6.45) is -3.38. The molecule has 0 fully saturated rings. The van der Waals surface area contributed by atoms with Gasteiger partial charge in [-0.1, -0.05) is 18.2 Å². The number of anilines is 1. The first-order chi connectivity index (χ1) is 14.3. The molecule has 3 rings (SSSR count). The Morgan fingerprint density at radius 3 is 2.43 bits per heavy atom. The quantitative estimate of drug-likeness (QED) is 0.442. The molecule has 1 amide bonds. The minimum absolute atomic E-state index is 0.0259. The van der Waals surface area contributed by atoms with E-state index in [2.05, 4.69) is 5.32 Å². The number of hydrogen-bond acceptors (Lipinski definition) is 4. The van der Waals surface area contributed by atoms with Crippen LogP contribution in [0.5, 0.6) is 5.75 Å². The molecule has 0 aliphatic carbocycles. The lowest BCUT2D eigenvalue weighted by atomic mass is 10.1. The Bertz CT molecular complexity index is 1120. The number of ether oxygens (including phenoxy) is 1. The predicted octanol–water partition coefficient (Wildman–Crippen LogP) is 5.52. The number of nitrogens with zero attached hydrogens (tertiary/aromatic N) is 1. The highest BCUT2D eigenvalue weighted by Gasteiger charge is 2.34. The minimum Gasteiger partial charge on any atom is -0.497 e. The summed E-state index contributed by atoms with van der Waals surface area (Å²) in [5, 5.41) is 11.9. The second-order valence-electron chi connectivity index (χ2n) is 6.10. The lowest BCUT2D eigenvalue weighted by Gasteiger charge is -2.10. The molecule has 1 N–H and O–H groups in total. The van der Waals surface area contributed by atoms with Crippen molar-refractivity contribution in [1.29, 1.82) is 5.26 Å². The molecule has 2 aromatic carbocycles. The second kappa shape index (κ2) is 8.57. The highest BCUT2D eigenvalue weighted by Crippen LogP contribution is 2.37. The summed E-state index contributed by atoms with van der Waals surface area (Å²) in [5.74, 6) is -0.0342. The zero-order valence-electron chi connectivity index (χ0n) is 15.7. The molecule has 0 aliphatic rings. The number of methoxy groups -OCH3 is 1. The summed E-state index contributed by atoms with van der Waals surface area (Å²) >= 11 is 0. The minimum atomic E-state index is -4.55. The van der Waals surface area contributed by atoms with E-state index in [0.29, 0.717) is 11.4 Å². The van der Waals surface area contributed by atoms with Gasteiger partial charge in [-0.05, 0) is 42.5 Å². The normalized spacial score (nSPS) is 11.6. The van der Waals surface area contributed by atoms with Gasteiger partial charge in [-0.2, -0.15) is 18.4 Å². The summed E-state index contributed by atoms with van der Waals surface area (Å²) in [6, 6.07) is 16.0. The lowest BCUT2D eigenvalue weighted by molar-refractivity contribution is -0.137.